The van der Waals surface area contributed by atoms with Crippen molar-refractivity contribution >= 4 is 11.7 Å². The number of nitrogens with one attached hydrogen (secondary N) is 1. The maximum absolute atomic E-state index is 12.6. The molecule has 0 atom stereocenters. The average molecular weight is 295 g/mol. The molecular formula is C14H12F3N3O. The van der Waals surface area contributed by atoms with Crippen molar-refractivity contribution in [2.45, 2.75) is 12.7 Å². The largest absolute Gasteiger partial charge is 0.416 e. The Kier molecular flexibility index (Phi) is 4.23. The fraction of sp³-hybridized carbons (Fsp3) is 0.143. The van der Waals surface area contributed by atoms with E-state index in [4.69, 9.17) is 5.73 Å². The lowest BCUT2D eigenvalue weighted by atomic mass is 10.1. The molecule has 0 saturated heterocycles. The molecule has 2 rings (SSSR count). The van der Waals surface area contributed by atoms with Gasteiger partial charge >= 0.3 is 6.18 Å². The van der Waals surface area contributed by atoms with E-state index in [-0.39, 0.29) is 11.4 Å². The normalized spacial score (nSPS) is 11.2. The number of aromatic nitrogens is 1. The highest BCUT2D eigenvalue weighted by Crippen LogP contribution is 2.29. The highest BCUT2D eigenvalue weighted by Gasteiger charge is 2.30. The van der Waals surface area contributed by atoms with Crippen LogP contribution in [-0.4, -0.2) is 10.9 Å². The minimum atomic E-state index is -4.49. The first-order valence-corrected chi connectivity index (χ1v) is 6.04. The van der Waals surface area contributed by atoms with Gasteiger partial charge in [0.1, 0.15) is 5.82 Å². The highest BCUT2D eigenvalue weighted by molar-refractivity contribution is 6.03. The molecule has 0 saturated carbocycles. The van der Waals surface area contributed by atoms with E-state index in [1.165, 1.54) is 24.4 Å². The molecule has 0 fully saturated rings. The zero-order valence-electron chi connectivity index (χ0n) is 10.8. The fourth-order valence-electron chi connectivity index (χ4n) is 1.64. The third kappa shape index (κ3) is 3.79. The lowest BCUT2D eigenvalue weighted by Gasteiger charge is -2.09. The van der Waals surface area contributed by atoms with E-state index in [1.54, 1.807) is 6.07 Å². The van der Waals surface area contributed by atoms with Crippen LogP contribution in [0.15, 0.2) is 42.6 Å². The molecule has 0 aliphatic heterocycles. The summed E-state index contributed by atoms with van der Waals surface area (Å²) < 4.78 is 37.8. The van der Waals surface area contributed by atoms with Gasteiger partial charge in [-0.05, 0) is 29.8 Å². The number of halogens is 3. The first-order chi connectivity index (χ1) is 9.90. The Hall–Kier alpha value is -2.41. The number of hydrogen-bond donors (Lipinski definition) is 2. The molecule has 0 bridgehead atoms. The van der Waals surface area contributed by atoms with Crippen molar-refractivity contribution in [1.82, 2.24) is 4.98 Å². The minimum absolute atomic E-state index is 0.0884. The number of carbonyl (C=O) groups is 1. The van der Waals surface area contributed by atoms with Crippen LogP contribution in [0.5, 0.6) is 0 Å². The SMILES string of the molecule is NCc1ccc(NC(=O)c2cccc(C(F)(F)F)c2)nc1. The molecule has 4 nitrogen and oxygen atoms in total. The number of amides is 1. The van der Waals surface area contributed by atoms with Crippen LogP contribution in [0.4, 0.5) is 19.0 Å². The lowest BCUT2D eigenvalue weighted by Crippen LogP contribution is -2.14. The second kappa shape index (κ2) is 5.92. The van der Waals surface area contributed by atoms with E-state index < -0.39 is 17.6 Å². The smallest absolute Gasteiger partial charge is 0.326 e. The number of hydrogen-bond acceptors (Lipinski definition) is 3. The first-order valence-electron chi connectivity index (χ1n) is 6.04. The van der Waals surface area contributed by atoms with E-state index in [0.29, 0.717) is 6.54 Å². The molecule has 1 aromatic carbocycles. The summed E-state index contributed by atoms with van der Waals surface area (Å²) in [4.78, 5) is 15.9. The highest BCUT2D eigenvalue weighted by atomic mass is 19.4. The number of rotatable bonds is 3. The molecule has 0 unspecified atom stereocenters. The standard InChI is InChI=1S/C14H12F3N3O/c15-14(16,17)11-3-1-2-10(6-11)13(21)20-12-5-4-9(7-18)8-19-12/h1-6,8H,7,18H2,(H,19,20,21). The maximum Gasteiger partial charge on any atom is 0.416 e. The van der Waals surface area contributed by atoms with Crippen molar-refractivity contribution in [2.24, 2.45) is 5.73 Å². The summed E-state index contributed by atoms with van der Waals surface area (Å²) in [5, 5.41) is 2.43. The van der Waals surface area contributed by atoms with Crippen LogP contribution in [0.3, 0.4) is 0 Å². The third-order valence-electron chi connectivity index (χ3n) is 2.75. The van der Waals surface area contributed by atoms with Crippen LogP contribution in [0, 0.1) is 0 Å². The molecule has 7 heteroatoms. The topological polar surface area (TPSA) is 68.0 Å². The summed E-state index contributed by atoms with van der Waals surface area (Å²) in [7, 11) is 0. The number of anilines is 1. The fourth-order valence-corrected chi connectivity index (χ4v) is 1.64. The summed E-state index contributed by atoms with van der Waals surface area (Å²) in [6.45, 7) is 0.314. The molecule has 21 heavy (non-hydrogen) atoms. The van der Waals surface area contributed by atoms with E-state index in [0.717, 1.165) is 17.7 Å². The Balaban J connectivity index is 2.16. The van der Waals surface area contributed by atoms with Crippen molar-refractivity contribution in [3.8, 4) is 0 Å². The number of benzene rings is 1. The van der Waals surface area contributed by atoms with Gasteiger partial charge in [-0.3, -0.25) is 4.79 Å². The molecular weight excluding hydrogens is 283 g/mol. The van der Waals surface area contributed by atoms with Crippen LogP contribution in [0.25, 0.3) is 0 Å². The van der Waals surface area contributed by atoms with Crippen LogP contribution in [0.2, 0.25) is 0 Å². The number of nitrogens with two attached hydrogens (primary N) is 1. The van der Waals surface area contributed by atoms with Crippen molar-refractivity contribution in [3.05, 3.63) is 59.3 Å². The Morgan fingerprint density at radius 2 is 2.00 bits per heavy atom. The Morgan fingerprint density at radius 1 is 1.24 bits per heavy atom. The Labute approximate surface area is 118 Å². The van der Waals surface area contributed by atoms with Crippen LogP contribution in [-0.2, 0) is 12.7 Å². The molecule has 3 N–H and O–H groups in total. The predicted octanol–water partition coefficient (Wildman–Crippen LogP) is 2.81. The molecule has 0 aliphatic rings. The van der Waals surface area contributed by atoms with Gasteiger partial charge in [0.25, 0.3) is 5.91 Å². The molecule has 0 radical (unpaired) electrons. The summed E-state index contributed by atoms with van der Waals surface area (Å²) in [5.74, 6) is -0.413. The van der Waals surface area contributed by atoms with Gasteiger partial charge in [-0.1, -0.05) is 12.1 Å². The molecule has 110 valence electrons. The molecule has 1 aromatic heterocycles. The van der Waals surface area contributed by atoms with Crippen molar-refractivity contribution < 1.29 is 18.0 Å². The number of alkyl halides is 3. The summed E-state index contributed by atoms with van der Waals surface area (Å²) in [5.41, 5.74) is 5.24. The van der Waals surface area contributed by atoms with Crippen molar-refractivity contribution in [3.63, 3.8) is 0 Å². The number of nitrogens with zero attached hydrogens (tertiary/aromatic N) is 1. The van der Waals surface area contributed by atoms with E-state index in [9.17, 15) is 18.0 Å². The Morgan fingerprint density at radius 3 is 2.57 bits per heavy atom. The van der Waals surface area contributed by atoms with Gasteiger partial charge in [-0.25, -0.2) is 4.98 Å². The van der Waals surface area contributed by atoms with Gasteiger partial charge in [0.15, 0.2) is 0 Å². The van der Waals surface area contributed by atoms with Crippen LogP contribution >= 0.6 is 0 Å². The molecule has 2 aromatic rings. The number of pyridine rings is 1. The van der Waals surface area contributed by atoms with Gasteiger partial charge in [-0.15, -0.1) is 0 Å². The lowest BCUT2D eigenvalue weighted by molar-refractivity contribution is -0.137. The quantitative estimate of drug-likeness (QED) is 0.915. The predicted molar refractivity (Wildman–Crippen MR) is 71.5 cm³/mol. The van der Waals surface area contributed by atoms with Gasteiger partial charge in [-0.2, -0.15) is 13.2 Å². The van der Waals surface area contributed by atoms with Crippen LogP contribution in [0.1, 0.15) is 21.5 Å². The summed E-state index contributed by atoms with van der Waals surface area (Å²) in [6.07, 6.45) is -3.00. The van der Waals surface area contributed by atoms with Crippen molar-refractivity contribution in [1.29, 1.82) is 0 Å². The third-order valence-corrected chi connectivity index (χ3v) is 2.75. The van der Waals surface area contributed by atoms with E-state index in [2.05, 4.69) is 10.3 Å². The molecule has 0 spiro atoms. The second-order valence-electron chi connectivity index (χ2n) is 4.29. The van der Waals surface area contributed by atoms with Gasteiger partial charge in [0.2, 0.25) is 0 Å². The van der Waals surface area contributed by atoms with E-state index in [1.807, 2.05) is 0 Å². The molecule has 0 aliphatic carbocycles. The summed E-state index contributed by atoms with van der Waals surface area (Å²) in [6, 6.07) is 7.40. The van der Waals surface area contributed by atoms with Gasteiger partial charge in [0.05, 0.1) is 5.56 Å². The molecule has 1 heterocycles. The molecule has 1 amide bonds. The van der Waals surface area contributed by atoms with Gasteiger partial charge in [0, 0.05) is 18.3 Å². The zero-order chi connectivity index (χ0) is 15.5. The van der Waals surface area contributed by atoms with Crippen molar-refractivity contribution in [2.75, 3.05) is 5.32 Å². The average Bonchev–Trinajstić information content (AvgIpc) is 2.47. The van der Waals surface area contributed by atoms with Crippen LogP contribution < -0.4 is 11.1 Å². The zero-order valence-corrected chi connectivity index (χ0v) is 10.8. The van der Waals surface area contributed by atoms with E-state index >= 15 is 0 Å². The Bertz CT molecular complexity index is 639. The monoisotopic (exact) mass is 295 g/mol. The number of carbonyl (C=O) groups excluding carboxylic acids is 1. The minimum Gasteiger partial charge on any atom is -0.326 e. The maximum atomic E-state index is 12.6. The summed E-state index contributed by atoms with van der Waals surface area (Å²) >= 11 is 0. The second-order valence-corrected chi connectivity index (χ2v) is 4.29. The first kappa shape index (κ1) is 15.0. The van der Waals surface area contributed by atoms with Gasteiger partial charge < -0.3 is 11.1 Å².